The molecular weight excluding hydrogens is 352 g/mol. The highest BCUT2D eigenvalue weighted by Gasteiger charge is 2.14. The highest BCUT2D eigenvalue weighted by molar-refractivity contribution is 5.89. The number of carbonyl (C=O) groups is 1. The average Bonchev–Trinajstić information content (AvgIpc) is 2.67. The Balaban J connectivity index is 2.39. The quantitative estimate of drug-likeness (QED) is 0.144. The maximum absolute atomic E-state index is 11.9. The van der Waals surface area contributed by atoms with Crippen molar-refractivity contribution in [1.29, 1.82) is 0 Å². The molecule has 4 heteroatoms. The zero-order valence-corrected chi connectivity index (χ0v) is 18.1. The molecule has 0 saturated heterocycles. The van der Waals surface area contributed by atoms with E-state index < -0.39 is 5.97 Å². The zero-order chi connectivity index (χ0) is 20.6. The molecule has 158 valence electrons. The van der Waals surface area contributed by atoms with E-state index in [1.54, 1.807) is 6.92 Å². The van der Waals surface area contributed by atoms with E-state index in [2.05, 4.69) is 13.5 Å². The van der Waals surface area contributed by atoms with E-state index in [0.717, 1.165) is 43.8 Å². The van der Waals surface area contributed by atoms with Crippen molar-refractivity contribution in [2.75, 3.05) is 19.8 Å². The number of unbranched alkanes of at least 4 members (excludes halogenated alkanes) is 6. The molecule has 0 spiro atoms. The van der Waals surface area contributed by atoms with Gasteiger partial charge in [0.15, 0.2) is 0 Å². The summed E-state index contributed by atoms with van der Waals surface area (Å²) in [5.74, 6) is 1.01. The summed E-state index contributed by atoms with van der Waals surface area (Å²) in [6.07, 6.45) is 10.3. The predicted molar refractivity (Wildman–Crippen MR) is 115 cm³/mol. The summed E-state index contributed by atoms with van der Waals surface area (Å²) >= 11 is 0. The second-order valence-electron chi connectivity index (χ2n) is 7.17. The molecule has 0 amide bonds. The van der Waals surface area contributed by atoms with Gasteiger partial charge in [-0.1, -0.05) is 51.7 Å². The number of carbonyl (C=O) groups excluding carboxylic acids is 1. The molecule has 0 bridgehead atoms. The lowest BCUT2D eigenvalue weighted by atomic mass is 10.0. The molecule has 0 aromatic heterocycles. The Bertz CT molecular complexity index is 580. The van der Waals surface area contributed by atoms with E-state index in [9.17, 15) is 4.79 Å². The maximum atomic E-state index is 11.9. The fourth-order valence-corrected chi connectivity index (χ4v) is 3.00. The summed E-state index contributed by atoms with van der Waals surface area (Å²) < 4.78 is 16.8. The van der Waals surface area contributed by atoms with Crippen molar-refractivity contribution in [3.63, 3.8) is 0 Å². The molecule has 0 N–H and O–H groups in total. The van der Waals surface area contributed by atoms with Crippen molar-refractivity contribution in [2.45, 2.75) is 78.6 Å². The summed E-state index contributed by atoms with van der Waals surface area (Å²) in [6.45, 7) is 11.8. The molecule has 4 nitrogen and oxygen atoms in total. The Kier molecular flexibility index (Phi) is 13.1. The van der Waals surface area contributed by atoms with Gasteiger partial charge in [-0.05, 0) is 51.7 Å². The van der Waals surface area contributed by atoms with Gasteiger partial charge >= 0.3 is 5.97 Å². The minimum atomic E-state index is -0.391. The third-order valence-corrected chi connectivity index (χ3v) is 4.50. The van der Waals surface area contributed by atoms with Crippen LogP contribution in [-0.4, -0.2) is 25.8 Å². The Labute approximate surface area is 171 Å². The van der Waals surface area contributed by atoms with Gasteiger partial charge < -0.3 is 14.2 Å². The monoisotopic (exact) mass is 390 g/mol. The molecule has 0 aliphatic carbocycles. The van der Waals surface area contributed by atoms with E-state index in [-0.39, 0.29) is 0 Å². The normalized spacial score (nSPS) is 10.7. The smallest absolute Gasteiger partial charge is 0.338 e. The van der Waals surface area contributed by atoms with Crippen LogP contribution in [0.1, 0.15) is 77.7 Å². The molecule has 0 saturated carbocycles. The molecule has 0 heterocycles. The van der Waals surface area contributed by atoms with Crippen LogP contribution in [0.15, 0.2) is 30.4 Å². The second-order valence-corrected chi connectivity index (χ2v) is 7.17. The molecule has 0 radical (unpaired) electrons. The molecular formula is C24H38O4. The highest BCUT2D eigenvalue weighted by Crippen LogP contribution is 2.31. The third kappa shape index (κ3) is 9.93. The fraction of sp³-hybridized carbons (Fsp3) is 0.625. The van der Waals surface area contributed by atoms with Crippen LogP contribution in [-0.2, 0) is 16.0 Å². The molecule has 0 atom stereocenters. The fourth-order valence-electron chi connectivity index (χ4n) is 3.00. The van der Waals surface area contributed by atoms with Gasteiger partial charge in [-0.3, -0.25) is 0 Å². The predicted octanol–water partition coefficient (Wildman–Crippen LogP) is 6.27. The summed E-state index contributed by atoms with van der Waals surface area (Å²) in [4.78, 5) is 11.9. The van der Waals surface area contributed by atoms with Crippen molar-refractivity contribution in [3.05, 3.63) is 35.9 Å². The van der Waals surface area contributed by atoms with Gasteiger partial charge in [-0.25, -0.2) is 4.79 Å². The minimum Gasteiger partial charge on any atom is -0.493 e. The van der Waals surface area contributed by atoms with Crippen LogP contribution in [0.4, 0.5) is 0 Å². The largest absolute Gasteiger partial charge is 0.493 e. The first-order valence-electron chi connectivity index (χ1n) is 10.8. The van der Waals surface area contributed by atoms with Gasteiger partial charge in [0.2, 0.25) is 0 Å². The summed E-state index contributed by atoms with van der Waals surface area (Å²) in [7, 11) is 0. The van der Waals surface area contributed by atoms with Crippen LogP contribution in [0, 0.1) is 0 Å². The maximum Gasteiger partial charge on any atom is 0.338 e. The SMILES string of the molecule is C=C(C)C(=O)Oc1cccc(OCC)c1CCCCCCCCCOCCC. The Hall–Kier alpha value is -1.81. The van der Waals surface area contributed by atoms with Gasteiger partial charge in [-0.2, -0.15) is 0 Å². The number of rotatable bonds is 16. The molecule has 1 rings (SSSR count). The van der Waals surface area contributed by atoms with E-state index >= 15 is 0 Å². The van der Waals surface area contributed by atoms with Gasteiger partial charge in [0.1, 0.15) is 11.5 Å². The van der Waals surface area contributed by atoms with Crippen molar-refractivity contribution in [2.24, 2.45) is 0 Å². The molecule has 0 unspecified atom stereocenters. The van der Waals surface area contributed by atoms with Crippen LogP contribution in [0.25, 0.3) is 0 Å². The van der Waals surface area contributed by atoms with Crippen molar-refractivity contribution >= 4 is 5.97 Å². The number of benzene rings is 1. The first-order chi connectivity index (χ1) is 13.6. The van der Waals surface area contributed by atoms with Crippen LogP contribution in [0.3, 0.4) is 0 Å². The molecule has 0 fully saturated rings. The summed E-state index contributed by atoms with van der Waals surface area (Å²) in [5.41, 5.74) is 1.37. The van der Waals surface area contributed by atoms with Crippen LogP contribution >= 0.6 is 0 Å². The first kappa shape index (κ1) is 24.2. The lowest BCUT2D eigenvalue weighted by molar-refractivity contribution is -0.130. The Morgan fingerprint density at radius 2 is 1.57 bits per heavy atom. The highest BCUT2D eigenvalue weighted by atomic mass is 16.5. The van der Waals surface area contributed by atoms with Gasteiger partial charge in [0.05, 0.1) is 6.61 Å². The first-order valence-corrected chi connectivity index (χ1v) is 10.8. The van der Waals surface area contributed by atoms with Crippen molar-refractivity contribution in [3.8, 4) is 11.5 Å². The number of hydrogen-bond donors (Lipinski definition) is 0. The zero-order valence-electron chi connectivity index (χ0n) is 18.1. The third-order valence-electron chi connectivity index (χ3n) is 4.50. The van der Waals surface area contributed by atoms with Crippen LogP contribution in [0.5, 0.6) is 11.5 Å². The Morgan fingerprint density at radius 3 is 2.21 bits per heavy atom. The van der Waals surface area contributed by atoms with Gasteiger partial charge in [-0.15, -0.1) is 0 Å². The number of esters is 1. The second kappa shape index (κ2) is 15.2. The number of hydrogen-bond acceptors (Lipinski definition) is 4. The lowest BCUT2D eigenvalue weighted by Crippen LogP contribution is -2.10. The lowest BCUT2D eigenvalue weighted by Gasteiger charge is -2.15. The summed E-state index contributed by atoms with van der Waals surface area (Å²) in [6, 6.07) is 5.64. The van der Waals surface area contributed by atoms with Crippen LogP contribution < -0.4 is 9.47 Å². The number of ether oxygens (including phenoxy) is 3. The minimum absolute atomic E-state index is 0.391. The Morgan fingerprint density at radius 1 is 0.929 bits per heavy atom. The van der Waals surface area contributed by atoms with E-state index in [0.29, 0.717) is 17.9 Å². The van der Waals surface area contributed by atoms with Crippen molar-refractivity contribution < 1.29 is 19.0 Å². The van der Waals surface area contributed by atoms with E-state index in [1.807, 2.05) is 25.1 Å². The van der Waals surface area contributed by atoms with E-state index in [1.165, 1.54) is 38.5 Å². The standard InChI is InChI=1S/C24H38O4/c1-5-18-26-19-13-11-9-7-8-10-12-15-21-22(27-6-2)16-14-17-23(21)28-24(25)20(3)4/h14,16-17H,3,5-13,15,18-19H2,1-2,4H3. The van der Waals surface area contributed by atoms with Crippen molar-refractivity contribution in [1.82, 2.24) is 0 Å². The topological polar surface area (TPSA) is 44.8 Å². The molecule has 28 heavy (non-hydrogen) atoms. The molecule has 1 aromatic rings. The van der Waals surface area contributed by atoms with E-state index in [4.69, 9.17) is 14.2 Å². The van der Waals surface area contributed by atoms with Gasteiger partial charge in [0, 0.05) is 24.4 Å². The summed E-state index contributed by atoms with van der Waals surface area (Å²) in [5, 5.41) is 0. The molecule has 0 aliphatic heterocycles. The van der Waals surface area contributed by atoms with Crippen LogP contribution in [0.2, 0.25) is 0 Å². The van der Waals surface area contributed by atoms with Gasteiger partial charge in [0.25, 0.3) is 0 Å². The molecule has 0 aliphatic rings. The molecule has 1 aromatic carbocycles. The average molecular weight is 391 g/mol.